The average molecular weight is 465 g/mol. The van der Waals surface area contributed by atoms with Gasteiger partial charge < -0.3 is 14.8 Å². The van der Waals surface area contributed by atoms with E-state index in [1.165, 1.54) is 10.4 Å². The van der Waals surface area contributed by atoms with Gasteiger partial charge in [-0.2, -0.15) is 0 Å². The van der Waals surface area contributed by atoms with Crippen molar-refractivity contribution in [3.63, 3.8) is 0 Å². The van der Waals surface area contributed by atoms with Gasteiger partial charge >= 0.3 is 0 Å². The molecule has 1 N–H and O–H groups in total. The Hall–Kier alpha value is -2.90. The Morgan fingerprint density at radius 3 is 2.72 bits per heavy atom. The van der Waals surface area contributed by atoms with Crippen molar-refractivity contribution in [2.45, 2.75) is 26.2 Å². The molecule has 1 atom stereocenters. The summed E-state index contributed by atoms with van der Waals surface area (Å²) in [6, 6.07) is 13.5. The molecule has 164 valence electrons. The minimum absolute atomic E-state index is 0.213. The van der Waals surface area contributed by atoms with E-state index in [-0.39, 0.29) is 5.91 Å². The molecular formula is C25H24N2O3S2. The van der Waals surface area contributed by atoms with E-state index in [0.29, 0.717) is 23.0 Å². The van der Waals surface area contributed by atoms with Gasteiger partial charge in [-0.1, -0.05) is 25.1 Å². The van der Waals surface area contributed by atoms with E-state index in [0.717, 1.165) is 45.1 Å². The highest BCUT2D eigenvalue weighted by molar-refractivity contribution is 7.23. The largest absolute Gasteiger partial charge is 0.493 e. The van der Waals surface area contributed by atoms with Crippen molar-refractivity contribution in [1.29, 1.82) is 0 Å². The van der Waals surface area contributed by atoms with Gasteiger partial charge in [-0.3, -0.25) is 4.79 Å². The fourth-order valence-corrected chi connectivity index (χ4v) is 6.80. The van der Waals surface area contributed by atoms with Gasteiger partial charge in [-0.15, -0.1) is 22.7 Å². The van der Waals surface area contributed by atoms with Crippen LogP contribution in [0, 0.1) is 5.92 Å². The van der Waals surface area contributed by atoms with E-state index in [9.17, 15) is 4.79 Å². The number of benzene rings is 2. The third kappa shape index (κ3) is 3.65. The van der Waals surface area contributed by atoms with Gasteiger partial charge in [-0.05, 0) is 55.0 Å². The van der Waals surface area contributed by atoms with Crippen LogP contribution in [-0.2, 0) is 12.8 Å². The highest BCUT2D eigenvalue weighted by atomic mass is 32.1. The van der Waals surface area contributed by atoms with Crippen molar-refractivity contribution < 1.29 is 14.3 Å². The van der Waals surface area contributed by atoms with Crippen LogP contribution in [0.4, 0.5) is 5.00 Å². The Morgan fingerprint density at radius 2 is 1.94 bits per heavy atom. The molecule has 1 unspecified atom stereocenters. The molecule has 1 aliphatic rings. The number of hydrogen-bond acceptors (Lipinski definition) is 6. The molecule has 7 heteroatoms. The lowest BCUT2D eigenvalue weighted by Gasteiger charge is -2.18. The zero-order valence-corrected chi connectivity index (χ0v) is 19.9. The number of hydrogen-bond donors (Lipinski definition) is 1. The van der Waals surface area contributed by atoms with Crippen LogP contribution < -0.4 is 14.8 Å². The molecule has 5 nitrogen and oxygen atoms in total. The van der Waals surface area contributed by atoms with Gasteiger partial charge in [0, 0.05) is 10.4 Å². The number of carbonyl (C=O) groups is 1. The number of thiophene rings is 1. The molecule has 0 bridgehead atoms. The summed E-state index contributed by atoms with van der Waals surface area (Å²) < 4.78 is 12.0. The monoisotopic (exact) mass is 464 g/mol. The molecule has 2 aromatic carbocycles. The number of aromatic nitrogens is 1. The SMILES string of the molecule is COc1cccc(C(=O)Nc2sc3c(c2-c2nc4ccccc4s2)CCC(C)C3)c1OC. The zero-order valence-electron chi connectivity index (χ0n) is 18.2. The number of carbonyl (C=O) groups excluding carboxylic acids is 1. The molecule has 2 aromatic heterocycles. The van der Waals surface area contributed by atoms with Crippen LogP contribution in [-0.4, -0.2) is 25.1 Å². The van der Waals surface area contributed by atoms with E-state index >= 15 is 0 Å². The van der Waals surface area contributed by atoms with Crippen molar-refractivity contribution in [1.82, 2.24) is 4.98 Å². The number of para-hydroxylation sites is 2. The Balaban J connectivity index is 1.59. The van der Waals surface area contributed by atoms with Crippen LogP contribution in [0.2, 0.25) is 0 Å². The smallest absolute Gasteiger partial charge is 0.260 e. The lowest BCUT2D eigenvalue weighted by atomic mass is 9.88. The summed E-state index contributed by atoms with van der Waals surface area (Å²) in [5.74, 6) is 1.40. The summed E-state index contributed by atoms with van der Waals surface area (Å²) in [7, 11) is 3.12. The molecule has 4 aromatic rings. The van der Waals surface area contributed by atoms with E-state index < -0.39 is 0 Å². The summed E-state index contributed by atoms with van der Waals surface area (Å²) in [6.45, 7) is 2.29. The van der Waals surface area contributed by atoms with Gasteiger partial charge in [0.25, 0.3) is 5.91 Å². The molecule has 2 heterocycles. The topological polar surface area (TPSA) is 60.5 Å². The maximum absolute atomic E-state index is 13.3. The molecule has 0 fully saturated rings. The van der Waals surface area contributed by atoms with Gasteiger partial charge in [0.1, 0.15) is 10.0 Å². The van der Waals surface area contributed by atoms with Crippen LogP contribution in [0.1, 0.15) is 34.1 Å². The number of fused-ring (bicyclic) bond motifs is 2. The van der Waals surface area contributed by atoms with E-state index in [1.807, 2.05) is 18.2 Å². The third-order valence-corrected chi connectivity index (χ3v) is 8.12. The van der Waals surface area contributed by atoms with Crippen molar-refractivity contribution in [2.75, 3.05) is 19.5 Å². The normalized spacial score (nSPS) is 15.4. The maximum atomic E-state index is 13.3. The molecule has 0 saturated carbocycles. The Kier molecular flexibility index (Phi) is 5.61. The minimum atomic E-state index is -0.213. The number of amides is 1. The van der Waals surface area contributed by atoms with Crippen molar-refractivity contribution >= 4 is 43.8 Å². The second-order valence-electron chi connectivity index (χ2n) is 8.04. The van der Waals surface area contributed by atoms with E-state index in [2.05, 4.69) is 18.3 Å². The fraction of sp³-hybridized carbons (Fsp3) is 0.280. The van der Waals surface area contributed by atoms with Gasteiger partial charge in [0.15, 0.2) is 11.5 Å². The Labute approximate surface area is 195 Å². The highest BCUT2D eigenvalue weighted by Crippen LogP contribution is 2.47. The number of ether oxygens (including phenoxy) is 2. The van der Waals surface area contributed by atoms with Crippen LogP contribution >= 0.6 is 22.7 Å². The summed E-state index contributed by atoms with van der Waals surface area (Å²) in [5, 5.41) is 5.00. The fourth-order valence-electron chi connectivity index (χ4n) is 4.28. The van der Waals surface area contributed by atoms with Gasteiger partial charge in [0.05, 0.1) is 30.0 Å². The molecule has 32 heavy (non-hydrogen) atoms. The zero-order chi connectivity index (χ0) is 22.2. The summed E-state index contributed by atoms with van der Waals surface area (Å²) >= 11 is 3.36. The number of anilines is 1. The number of nitrogens with one attached hydrogen (secondary N) is 1. The second kappa shape index (κ2) is 8.56. The molecule has 0 spiro atoms. The molecule has 0 radical (unpaired) electrons. The summed E-state index contributed by atoms with van der Waals surface area (Å²) in [6.07, 6.45) is 3.20. The molecule has 0 saturated heterocycles. The molecule has 5 rings (SSSR count). The van der Waals surface area contributed by atoms with Crippen LogP contribution in [0.15, 0.2) is 42.5 Å². The second-order valence-corrected chi connectivity index (χ2v) is 10.2. The van der Waals surface area contributed by atoms with Crippen LogP contribution in [0.5, 0.6) is 11.5 Å². The van der Waals surface area contributed by atoms with Crippen molar-refractivity contribution in [3.05, 3.63) is 58.5 Å². The minimum Gasteiger partial charge on any atom is -0.493 e. The van der Waals surface area contributed by atoms with Gasteiger partial charge in [-0.25, -0.2) is 4.98 Å². The standard InChI is InChI=1S/C25H24N2O3S2/c1-14-11-12-15-20(13-14)32-25(21(15)24-26-17-8-4-5-10-19(17)31-24)27-23(28)16-7-6-9-18(29-2)22(16)30-3/h4-10,14H,11-13H2,1-3H3,(H,27,28). The lowest BCUT2D eigenvalue weighted by molar-refractivity contribution is 0.102. The number of rotatable bonds is 5. The Morgan fingerprint density at radius 1 is 1.09 bits per heavy atom. The maximum Gasteiger partial charge on any atom is 0.260 e. The Bertz CT molecular complexity index is 1280. The molecule has 1 aliphatic carbocycles. The van der Waals surface area contributed by atoms with Crippen molar-refractivity contribution in [2.24, 2.45) is 5.92 Å². The quantitative estimate of drug-likeness (QED) is 0.370. The first-order valence-electron chi connectivity index (χ1n) is 10.6. The summed E-state index contributed by atoms with van der Waals surface area (Å²) in [4.78, 5) is 19.6. The first-order chi connectivity index (χ1) is 15.6. The van der Waals surface area contributed by atoms with Crippen molar-refractivity contribution in [3.8, 4) is 22.1 Å². The van der Waals surface area contributed by atoms with Crippen LogP contribution in [0.25, 0.3) is 20.8 Å². The van der Waals surface area contributed by atoms with E-state index in [1.54, 1.807) is 55.1 Å². The molecule has 0 aliphatic heterocycles. The molecule has 1 amide bonds. The summed E-state index contributed by atoms with van der Waals surface area (Å²) in [5.41, 5.74) is 3.85. The predicted octanol–water partition coefficient (Wildman–Crippen LogP) is 6.42. The lowest BCUT2D eigenvalue weighted by Crippen LogP contribution is -2.13. The van der Waals surface area contributed by atoms with Gasteiger partial charge in [0.2, 0.25) is 0 Å². The highest BCUT2D eigenvalue weighted by Gasteiger charge is 2.28. The number of methoxy groups -OCH3 is 2. The number of thiazole rings is 1. The van der Waals surface area contributed by atoms with Crippen LogP contribution in [0.3, 0.4) is 0 Å². The first-order valence-corrected chi connectivity index (χ1v) is 12.2. The predicted molar refractivity (Wildman–Crippen MR) is 132 cm³/mol. The number of nitrogens with zero attached hydrogens (tertiary/aromatic N) is 1. The molecular weight excluding hydrogens is 440 g/mol. The average Bonchev–Trinajstić information content (AvgIpc) is 3.38. The third-order valence-electron chi connectivity index (χ3n) is 5.89. The first kappa shape index (κ1) is 21.0. The van der Waals surface area contributed by atoms with E-state index in [4.69, 9.17) is 14.5 Å².